The quantitative estimate of drug-likeness (QED) is 0.287. The van der Waals surface area contributed by atoms with Gasteiger partial charge in [0.25, 0.3) is 0 Å². The molecule has 0 fully saturated rings. The number of nitrogens with zero attached hydrogens (tertiary/aromatic N) is 5. The fourth-order valence-corrected chi connectivity index (χ4v) is 3.64. The number of hydrogen-bond donors (Lipinski definition) is 2. The Hall–Kier alpha value is -3.86. The van der Waals surface area contributed by atoms with Crippen molar-refractivity contribution in [2.45, 2.75) is 37.9 Å². The average molecular weight is 480 g/mol. The van der Waals surface area contributed by atoms with Crippen LogP contribution in [-0.4, -0.2) is 36.7 Å². The van der Waals surface area contributed by atoms with Crippen LogP contribution in [0.25, 0.3) is 11.5 Å². The fraction of sp³-hybridized carbons (Fsp3) is 0.261. The van der Waals surface area contributed by atoms with Crippen molar-refractivity contribution in [3.05, 3.63) is 66.0 Å². The van der Waals surface area contributed by atoms with Crippen LogP contribution in [0.3, 0.4) is 0 Å². The summed E-state index contributed by atoms with van der Waals surface area (Å²) in [7, 11) is 0. The molecule has 0 radical (unpaired) electrons. The minimum atomic E-state index is -0.340. The lowest BCUT2D eigenvalue weighted by atomic mass is 9.87. The summed E-state index contributed by atoms with van der Waals surface area (Å²) in [6.07, 6.45) is 0. The minimum Gasteiger partial charge on any atom is -0.486 e. The van der Waals surface area contributed by atoms with Gasteiger partial charge in [-0.2, -0.15) is 0 Å². The molecule has 2 aromatic carbocycles. The molecule has 0 saturated carbocycles. The van der Waals surface area contributed by atoms with Crippen LogP contribution in [-0.2, 0) is 16.8 Å². The first-order valence-corrected chi connectivity index (χ1v) is 11.5. The Morgan fingerprint density at radius 2 is 1.79 bits per heavy atom. The van der Waals surface area contributed by atoms with Gasteiger partial charge in [0.05, 0.1) is 5.75 Å². The number of carbonyl (C=O) groups is 1. The molecule has 0 bridgehead atoms. The normalized spacial score (nSPS) is 11.4. The van der Waals surface area contributed by atoms with Crippen LogP contribution in [0.15, 0.2) is 64.2 Å². The van der Waals surface area contributed by atoms with Crippen molar-refractivity contribution in [1.82, 2.24) is 25.1 Å². The van der Waals surface area contributed by atoms with Gasteiger partial charge < -0.3 is 15.0 Å². The molecule has 2 aromatic heterocycles. The summed E-state index contributed by atoms with van der Waals surface area (Å²) < 4.78 is 12.6. The number of nitrogen functional groups attached to an aromatic ring is 1. The topological polar surface area (TPSA) is 134 Å². The second-order valence-corrected chi connectivity index (χ2v) is 9.39. The number of hydrogen-bond acceptors (Lipinski definition) is 9. The van der Waals surface area contributed by atoms with Gasteiger partial charge in [-0.3, -0.25) is 10.1 Å². The second kappa shape index (κ2) is 9.96. The first-order chi connectivity index (χ1) is 16.3. The minimum absolute atomic E-state index is 0.0187. The number of thioether (sulfide) groups is 1. The van der Waals surface area contributed by atoms with Crippen molar-refractivity contribution in [2.75, 3.05) is 16.9 Å². The van der Waals surface area contributed by atoms with E-state index in [4.69, 9.17) is 15.0 Å². The Morgan fingerprint density at radius 3 is 2.50 bits per heavy atom. The lowest BCUT2D eigenvalue weighted by Crippen LogP contribution is -2.18. The van der Waals surface area contributed by atoms with Gasteiger partial charge in [-0.15, -0.1) is 15.3 Å². The molecule has 0 aliphatic rings. The zero-order valence-corrected chi connectivity index (χ0v) is 19.9. The maximum Gasteiger partial charge on any atom is 0.322 e. The Balaban J connectivity index is 1.28. The van der Waals surface area contributed by atoms with Crippen LogP contribution in [0.2, 0.25) is 0 Å². The van der Waals surface area contributed by atoms with E-state index in [9.17, 15) is 4.79 Å². The van der Waals surface area contributed by atoms with Gasteiger partial charge in [0.15, 0.2) is 5.82 Å². The molecule has 0 aliphatic carbocycles. The Kier molecular flexibility index (Phi) is 6.82. The molecular weight excluding hydrogens is 454 g/mol. The maximum atomic E-state index is 12.3. The molecule has 4 aromatic rings. The number of nitrogens with two attached hydrogens (primary N) is 1. The maximum absolute atomic E-state index is 12.3. The Labute approximate surface area is 200 Å². The first kappa shape index (κ1) is 23.3. The van der Waals surface area contributed by atoms with Crippen molar-refractivity contribution in [1.29, 1.82) is 0 Å². The molecule has 4 rings (SSSR count). The van der Waals surface area contributed by atoms with Gasteiger partial charge in [0.2, 0.25) is 17.0 Å². The highest BCUT2D eigenvalue weighted by Gasteiger charge is 2.16. The highest BCUT2D eigenvalue weighted by Crippen LogP contribution is 2.25. The lowest BCUT2D eigenvalue weighted by Gasteiger charge is -2.19. The Morgan fingerprint density at radius 1 is 1.06 bits per heavy atom. The zero-order chi connectivity index (χ0) is 24.1. The summed E-state index contributed by atoms with van der Waals surface area (Å²) >= 11 is 1.13. The van der Waals surface area contributed by atoms with Crippen LogP contribution in [0, 0.1) is 0 Å². The van der Waals surface area contributed by atoms with Gasteiger partial charge in [-0.25, -0.2) is 4.68 Å². The average Bonchev–Trinajstić information content (AvgIpc) is 3.43. The number of anilines is 1. The molecule has 0 saturated heterocycles. The largest absolute Gasteiger partial charge is 0.486 e. The van der Waals surface area contributed by atoms with E-state index >= 15 is 0 Å². The molecule has 0 spiro atoms. The van der Waals surface area contributed by atoms with Crippen LogP contribution < -0.4 is 15.9 Å². The molecule has 11 heteroatoms. The summed E-state index contributed by atoms with van der Waals surface area (Å²) in [5.74, 6) is 7.24. The molecule has 10 nitrogen and oxygen atoms in total. The molecule has 3 N–H and O–H groups in total. The molecule has 2 heterocycles. The van der Waals surface area contributed by atoms with Crippen LogP contribution >= 0.6 is 11.8 Å². The van der Waals surface area contributed by atoms with Gasteiger partial charge in [0.1, 0.15) is 12.4 Å². The number of ether oxygens (including phenoxy) is 1. The highest BCUT2D eigenvalue weighted by molar-refractivity contribution is 7.99. The first-order valence-electron chi connectivity index (χ1n) is 10.5. The molecule has 0 aliphatic heterocycles. The van der Waals surface area contributed by atoms with Crippen LogP contribution in [0.4, 0.5) is 6.01 Å². The highest BCUT2D eigenvalue weighted by atomic mass is 32.2. The summed E-state index contributed by atoms with van der Waals surface area (Å²) in [6.45, 7) is 6.62. The monoisotopic (exact) mass is 479 g/mol. The predicted octanol–water partition coefficient (Wildman–Crippen LogP) is 3.65. The van der Waals surface area contributed by atoms with E-state index in [1.165, 1.54) is 10.2 Å². The van der Waals surface area contributed by atoms with Crippen molar-refractivity contribution in [2.24, 2.45) is 0 Å². The molecule has 34 heavy (non-hydrogen) atoms. The number of carbonyl (C=O) groups excluding carboxylic acids is 1. The zero-order valence-electron chi connectivity index (χ0n) is 19.1. The second-order valence-electron chi connectivity index (χ2n) is 8.45. The molecule has 1 amide bonds. The molecular formula is C23H25N7O3S. The van der Waals surface area contributed by atoms with Crippen molar-refractivity contribution in [3.8, 4) is 17.2 Å². The van der Waals surface area contributed by atoms with Gasteiger partial charge in [0, 0.05) is 5.56 Å². The van der Waals surface area contributed by atoms with Crippen LogP contribution in [0.5, 0.6) is 5.75 Å². The van der Waals surface area contributed by atoms with E-state index in [0.717, 1.165) is 17.3 Å². The van der Waals surface area contributed by atoms with Crippen molar-refractivity contribution >= 4 is 23.7 Å². The van der Waals surface area contributed by atoms with E-state index < -0.39 is 0 Å². The smallest absolute Gasteiger partial charge is 0.322 e. The molecule has 176 valence electrons. The summed E-state index contributed by atoms with van der Waals surface area (Å²) in [4.78, 5) is 12.3. The number of rotatable bonds is 8. The predicted molar refractivity (Wildman–Crippen MR) is 129 cm³/mol. The van der Waals surface area contributed by atoms with E-state index in [1.54, 1.807) is 0 Å². The number of aromatic nitrogens is 5. The van der Waals surface area contributed by atoms with E-state index in [1.807, 2.05) is 54.6 Å². The van der Waals surface area contributed by atoms with E-state index in [-0.39, 0.29) is 29.7 Å². The van der Waals surface area contributed by atoms with E-state index in [2.05, 4.69) is 46.5 Å². The molecule has 0 atom stereocenters. The van der Waals surface area contributed by atoms with Gasteiger partial charge in [-0.05, 0) is 35.2 Å². The molecule has 0 unspecified atom stereocenters. The van der Waals surface area contributed by atoms with Crippen LogP contribution in [0.1, 0.15) is 32.2 Å². The number of nitrogens with one attached hydrogen (secondary N) is 1. The van der Waals surface area contributed by atoms with Crippen molar-refractivity contribution in [3.63, 3.8) is 0 Å². The third-order valence-electron chi connectivity index (χ3n) is 4.85. The number of amides is 1. The van der Waals surface area contributed by atoms with Gasteiger partial charge in [-0.1, -0.05) is 68.0 Å². The lowest BCUT2D eigenvalue weighted by molar-refractivity contribution is -0.113. The Bertz CT molecular complexity index is 1250. The third kappa shape index (κ3) is 5.73. The summed E-state index contributed by atoms with van der Waals surface area (Å²) in [6, 6.07) is 17.2. The van der Waals surface area contributed by atoms with E-state index in [0.29, 0.717) is 22.6 Å². The SMILES string of the molecule is CC(C)(C)c1ccc(OCc2nnc(SCC(=O)Nc3nnc(-c4ccccc4)o3)n2N)cc1. The third-order valence-corrected chi connectivity index (χ3v) is 5.79. The van der Waals surface area contributed by atoms with Gasteiger partial charge >= 0.3 is 6.01 Å². The summed E-state index contributed by atoms with van der Waals surface area (Å²) in [5, 5.41) is 18.8. The standard InChI is InChI=1S/C23H25N7O3S/c1-23(2,3)16-9-11-17(12-10-16)32-13-18-26-29-22(30(18)24)34-14-19(31)25-21-28-27-20(33-21)15-7-5-4-6-8-15/h4-12H,13-14,24H2,1-3H3,(H,25,28,31). The summed E-state index contributed by atoms with van der Waals surface area (Å²) in [5.41, 5.74) is 2.05. The van der Waals surface area contributed by atoms with Crippen molar-refractivity contribution < 1.29 is 13.9 Å². The number of benzene rings is 2. The fourth-order valence-electron chi connectivity index (χ4n) is 2.96.